The van der Waals surface area contributed by atoms with E-state index in [-0.39, 0.29) is 11.8 Å². The van der Waals surface area contributed by atoms with Crippen molar-refractivity contribution in [3.8, 4) is 0 Å². The van der Waals surface area contributed by atoms with Crippen molar-refractivity contribution in [1.82, 2.24) is 10.2 Å². The number of anilines is 3. The summed E-state index contributed by atoms with van der Waals surface area (Å²) in [6.45, 7) is 0. The molecule has 1 fully saturated rings. The first kappa shape index (κ1) is 13.8. The molecule has 1 saturated carbocycles. The topological polar surface area (TPSA) is 66.9 Å². The van der Waals surface area contributed by atoms with Crippen molar-refractivity contribution in [2.24, 2.45) is 5.92 Å². The van der Waals surface area contributed by atoms with Crippen molar-refractivity contribution in [3.05, 3.63) is 41.4 Å². The number of hydrogen-bond donors (Lipinski definition) is 2. The molecule has 1 amide bonds. The number of carbonyl (C=O) groups is 1. The summed E-state index contributed by atoms with van der Waals surface area (Å²) in [5.41, 5.74) is 0.764. The van der Waals surface area contributed by atoms with Gasteiger partial charge in [0.15, 0.2) is 11.6 Å². The average molecular weight is 303 g/mol. The second-order valence-electron chi connectivity index (χ2n) is 5.03. The quantitative estimate of drug-likeness (QED) is 0.905. The van der Waals surface area contributed by atoms with E-state index >= 15 is 0 Å². The Morgan fingerprint density at radius 1 is 1.10 bits per heavy atom. The normalized spacial score (nSPS) is 14.3. The van der Waals surface area contributed by atoms with Crippen LogP contribution in [-0.4, -0.2) is 16.1 Å². The van der Waals surface area contributed by atoms with E-state index in [1.54, 1.807) is 18.2 Å². The first-order valence-electron chi connectivity index (χ1n) is 6.88. The minimum Gasteiger partial charge on any atom is -0.338 e. The third kappa shape index (κ3) is 3.31. The molecule has 2 N–H and O–H groups in total. The Morgan fingerprint density at radius 2 is 1.81 bits per heavy atom. The molecule has 1 heterocycles. The third-order valence-electron chi connectivity index (χ3n) is 3.53. The summed E-state index contributed by atoms with van der Waals surface area (Å²) in [7, 11) is 0. The van der Waals surface area contributed by atoms with Gasteiger partial charge in [-0.1, -0.05) is 30.2 Å². The number of carbonyl (C=O) groups excluding carboxylic acids is 1. The van der Waals surface area contributed by atoms with Crippen molar-refractivity contribution < 1.29 is 4.79 Å². The zero-order valence-electron chi connectivity index (χ0n) is 11.3. The zero-order chi connectivity index (χ0) is 14.7. The monoisotopic (exact) mass is 302 g/mol. The van der Waals surface area contributed by atoms with Gasteiger partial charge in [-0.25, -0.2) is 0 Å². The number of amides is 1. The lowest BCUT2D eigenvalue weighted by molar-refractivity contribution is -0.122. The molecule has 0 spiro atoms. The zero-order valence-corrected chi connectivity index (χ0v) is 12.1. The highest BCUT2D eigenvalue weighted by molar-refractivity contribution is 6.33. The molecule has 1 aliphatic carbocycles. The van der Waals surface area contributed by atoms with E-state index in [9.17, 15) is 4.79 Å². The van der Waals surface area contributed by atoms with Crippen LogP contribution in [0.4, 0.5) is 17.3 Å². The van der Waals surface area contributed by atoms with Gasteiger partial charge in [-0.3, -0.25) is 4.79 Å². The van der Waals surface area contributed by atoms with Gasteiger partial charge in [-0.05, 0) is 37.1 Å². The van der Waals surface area contributed by atoms with Crippen LogP contribution in [-0.2, 0) is 4.79 Å². The lowest BCUT2D eigenvalue weighted by Crippen LogP contribution is -2.28. The number of halogens is 1. The molecule has 3 rings (SSSR count). The van der Waals surface area contributed by atoms with Crippen LogP contribution in [0.3, 0.4) is 0 Å². The summed E-state index contributed by atoms with van der Waals surface area (Å²) in [4.78, 5) is 11.8. The Bertz CT molecular complexity index is 640. The Balaban J connectivity index is 1.64. The number of nitrogens with one attached hydrogen (secondary N) is 2. The van der Waals surface area contributed by atoms with Crippen molar-refractivity contribution >= 4 is 34.8 Å². The van der Waals surface area contributed by atoms with Crippen LogP contribution < -0.4 is 10.6 Å². The van der Waals surface area contributed by atoms with Crippen molar-refractivity contribution in [2.45, 2.75) is 19.3 Å². The van der Waals surface area contributed by atoms with Gasteiger partial charge >= 0.3 is 0 Å². The predicted molar refractivity (Wildman–Crippen MR) is 82.7 cm³/mol. The second-order valence-corrected chi connectivity index (χ2v) is 5.43. The van der Waals surface area contributed by atoms with E-state index in [4.69, 9.17) is 11.6 Å². The lowest BCUT2D eigenvalue weighted by Gasteiger charge is -2.23. The standard InChI is InChI=1S/C15H15ClN4O/c16-11-6-1-2-7-12(11)17-13-8-9-14(20-19-13)18-15(21)10-4-3-5-10/h1-2,6-10H,3-5H2,(H,17,19)(H,18,20,21). The van der Waals surface area contributed by atoms with Crippen LogP contribution in [0.15, 0.2) is 36.4 Å². The molecule has 0 bridgehead atoms. The Kier molecular flexibility index (Phi) is 4.01. The number of nitrogens with zero attached hydrogens (tertiary/aromatic N) is 2. The van der Waals surface area contributed by atoms with Gasteiger partial charge < -0.3 is 10.6 Å². The predicted octanol–water partition coefficient (Wildman–Crippen LogP) is 3.61. The van der Waals surface area contributed by atoms with Gasteiger partial charge in [-0.15, -0.1) is 10.2 Å². The highest BCUT2D eigenvalue weighted by Gasteiger charge is 2.25. The highest BCUT2D eigenvalue weighted by atomic mass is 35.5. The molecule has 0 aliphatic heterocycles. The van der Waals surface area contributed by atoms with Crippen molar-refractivity contribution in [2.75, 3.05) is 10.6 Å². The van der Waals surface area contributed by atoms with Gasteiger partial charge in [0, 0.05) is 5.92 Å². The first-order chi connectivity index (χ1) is 10.2. The smallest absolute Gasteiger partial charge is 0.228 e. The van der Waals surface area contributed by atoms with Gasteiger partial charge in [0.1, 0.15) is 0 Å². The van der Waals surface area contributed by atoms with Crippen LogP contribution in [0, 0.1) is 5.92 Å². The Morgan fingerprint density at radius 3 is 2.43 bits per heavy atom. The maximum absolute atomic E-state index is 11.8. The van der Waals surface area contributed by atoms with Gasteiger partial charge in [-0.2, -0.15) is 0 Å². The molecule has 0 radical (unpaired) electrons. The molecule has 0 atom stereocenters. The molecule has 5 nitrogen and oxygen atoms in total. The van der Waals surface area contributed by atoms with E-state index in [1.165, 1.54) is 0 Å². The summed E-state index contributed by atoms with van der Waals surface area (Å²) >= 11 is 6.06. The minimum absolute atomic E-state index is 0.0300. The summed E-state index contributed by atoms with van der Waals surface area (Å²) in [5.74, 6) is 1.21. The summed E-state index contributed by atoms with van der Waals surface area (Å²) < 4.78 is 0. The largest absolute Gasteiger partial charge is 0.338 e. The highest BCUT2D eigenvalue weighted by Crippen LogP contribution is 2.27. The van der Waals surface area contributed by atoms with Crippen LogP contribution in [0.1, 0.15) is 19.3 Å². The molecule has 108 valence electrons. The molecule has 0 saturated heterocycles. The lowest BCUT2D eigenvalue weighted by atomic mass is 9.85. The number of hydrogen-bond acceptors (Lipinski definition) is 4. The Hall–Kier alpha value is -2.14. The van der Waals surface area contributed by atoms with Gasteiger partial charge in [0.25, 0.3) is 0 Å². The molecule has 1 aromatic heterocycles. The SMILES string of the molecule is O=C(Nc1ccc(Nc2ccccc2Cl)nn1)C1CCC1. The maximum atomic E-state index is 11.8. The van der Waals surface area contributed by atoms with Crippen LogP contribution in [0.5, 0.6) is 0 Å². The fraction of sp³-hybridized carbons (Fsp3) is 0.267. The van der Waals surface area contributed by atoms with E-state index in [2.05, 4.69) is 20.8 Å². The fourth-order valence-electron chi connectivity index (χ4n) is 2.06. The second kappa shape index (κ2) is 6.10. The number of aromatic nitrogens is 2. The summed E-state index contributed by atoms with van der Waals surface area (Å²) in [5, 5.41) is 14.5. The van der Waals surface area contributed by atoms with Crippen molar-refractivity contribution in [1.29, 1.82) is 0 Å². The average Bonchev–Trinajstić information content (AvgIpc) is 2.41. The molecular weight excluding hydrogens is 288 g/mol. The minimum atomic E-state index is 0.0300. The molecule has 2 aromatic rings. The Labute approximate surface area is 127 Å². The van der Waals surface area contributed by atoms with Crippen molar-refractivity contribution in [3.63, 3.8) is 0 Å². The molecular formula is C15H15ClN4O. The van der Waals surface area contributed by atoms with Crippen LogP contribution >= 0.6 is 11.6 Å². The number of rotatable bonds is 4. The first-order valence-corrected chi connectivity index (χ1v) is 7.26. The van der Waals surface area contributed by atoms with E-state index in [0.717, 1.165) is 24.9 Å². The van der Waals surface area contributed by atoms with Gasteiger partial charge in [0.2, 0.25) is 5.91 Å². The molecule has 1 aromatic carbocycles. The van der Waals surface area contributed by atoms with Gasteiger partial charge in [0.05, 0.1) is 10.7 Å². The summed E-state index contributed by atoms with van der Waals surface area (Å²) in [6.07, 6.45) is 3.06. The number of para-hydroxylation sites is 1. The van der Waals surface area contributed by atoms with E-state index in [1.807, 2.05) is 18.2 Å². The third-order valence-corrected chi connectivity index (χ3v) is 3.86. The maximum Gasteiger partial charge on any atom is 0.228 e. The fourth-order valence-corrected chi connectivity index (χ4v) is 2.25. The number of benzene rings is 1. The molecule has 0 unspecified atom stereocenters. The van der Waals surface area contributed by atoms with Crippen LogP contribution in [0.25, 0.3) is 0 Å². The van der Waals surface area contributed by atoms with E-state index in [0.29, 0.717) is 16.7 Å². The molecule has 1 aliphatic rings. The summed E-state index contributed by atoms with van der Waals surface area (Å²) in [6, 6.07) is 10.9. The molecule has 6 heteroatoms. The van der Waals surface area contributed by atoms with E-state index < -0.39 is 0 Å². The van der Waals surface area contributed by atoms with Crippen LogP contribution in [0.2, 0.25) is 5.02 Å². The molecule has 21 heavy (non-hydrogen) atoms.